The van der Waals surface area contributed by atoms with Crippen molar-refractivity contribution >= 4 is 27.7 Å². The fourth-order valence-electron chi connectivity index (χ4n) is 3.71. The number of nitrogens with zero attached hydrogens (tertiary/aromatic N) is 1. The van der Waals surface area contributed by atoms with Gasteiger partial charge < -0.3 is 14.7 Å². The predicted octanol–water partition coefficient (Wildman–Crippen LogP) is 1.44. The number of aliphatic carboxylic acids is 1. The fraction of sp³-hybridized carbons (Fsp3) is 0.833. The van der Waals surface area contributed by atoms with Crippen LogP contribution in [0.15, 0.2) is 0 Å². The van der Waals surface area contributed by atoms with Gasteiger partial charge in [0.1, 0.15) is 18.1 Å². The number of sulfone groups is 1. The number of carboxylic acids is 1. The number of fused-ring (bicyclic) bond motifs is 1. The van der Waals surface area contributed by atoms with E-state index in [1.807, 2.05) is 0 Å². The van der Waals surface area contributed by atoms with E-state index in [1.165, 1.54) is 13.8 Å². The molecule has 27 heavy (non-hydrogen) atoms. The van der Waals surface area contributed by atoms with Crippen molar-refractivity contribution < 1.29 is 32.6 Å². The molecule has 0 bridgehead atoms. The monoisotopic (exact) mass is 403 g/mol. The maximum Gasteiger partial charge on any atom is 0.328 e. The number of hydrogen-bond donors (Lipinski definition) is 1. The smallest absolute Gasteiger partial charge is 0.328 e. The number of esters is 1. The highest BCUT2D eigenvalue weighted by atomic mass is 32.2. The zero-order valence-corrected chi connectivity index (χ0v) is 17.9. The third-order valence-corrected chi connectivity index (χ3v) is 8.21. The topological polar surface area (TPSA) is 118 Å². The first-order valence-corrected chi connectivity index (χ1v) is 10.4. The van der Waals surface area contributed by atoms with Gasteiger partial charge >= 0.3 is 11.9 Å². The van der Waals surface area contributed by atoms with Crippen molar-refractivity contribution in [2.24, 2.45) is 16.7 Å². The van der Waals surface area contributed by atoms with Crippen molar-refractivity contribution in [1.29, 1.82) is 0 Å². The predicted molar refractivity (Wildman–Crippen MR) is 97.3 cm³/mol. The molecule has 9 heteroatoms. The Morgan fingerprint density at radius 3 is 2.00 bits per heavy atom. The first kappa shape index (κ1) is 21.7. The van der Waals surface area contributed by atoms with Gasteiger partial charge in [-0.2, -0.15) is 0 Å². The van der Waals surface area contributed by atoms with Gasteiger partial charge in [-0.3, -0.25) is 9.59 Å². The normalized spacial score (nSPS) is 30.3. The highest BCUT2D eigenvalue weighted by Crippen LogP contribution is 2.52. The van der Waals surface area contributed by atoms with Crippen LogP contribution in [-0.4, -0.2) is 58.5 Å². The molecular weight excluding hydrogens is 374 g/mol. The van der Waals surface area contributed by atoms with E-state index in [4.69, 9.17) is 4.74 Å². The first-order valence-electron chi connectivity index (χ1n) is 8.86. The SMILES string of the molecule is CC(C)(C)C(=O)O[C@H]([C@@H]1C(=O)N2[C@@H](C(=O)O)C(C)(C)S(=O)(=O)[C@H]12)C(C)(C)C. The van der Waals surface area contributed by atoms with E-state index in [9.17, 15) is 27.9 Å². The molecule has 2 fully saturated rings. The fourth-order valence-corrected chi connectivity index (χ4v) is 6.02. The van der Waals surface area contributed by atoms with Crippen LogP contribution < -0.4 is 0 Å². The lowest BCUT2D eigenvalue weighted by molar-refractivity contribution is -0.187. The Hall–Kier alpha value is -1.64. The number of carboxylic acid groups (broad SMARTS) is 1. The van der Waals surface area contributed by atoms with Crippen LogP contribution in [0.5, 0.6) is 0 Å². The zero-order valence-electron chi connectivity index (χ0n) is 17.1. The largest absolute Gasteiger partial charge is 0.480 e. The van der Waals surface area contributed by atoms with Gasteiger partial charge in [0, 0.05) is 0 Å². The van der Waals surface area contributed by atoms with Gasteiger partial charge in [-0.25, -0.2) is 13.2 Å². The number of hydrogen-bond acceptors (Lipinski definition) is 6. The quantitative estimate of drug-likeness (QED) is 0.559. The molecule has 2 aliphatic rings. The second-order valence-corrected chi connectivity index (χ2v) is 12.6. The van der Waals surface area contributed by atoms with Gasteiger partial charge in [-0.05, 0) is 40.0 Å². The summed E-state index contributed by atoms with van der Waals surface area (Å²) in [5.74, 6) is -3.64. The molecular formula is C18H29NO7S. The molecule has 0 aromatic rings. The van der Waals surface area contributed by atoms with Crippen LogP contribution in [0.4, 0.5) is 0 Å². The number of β-lactam (4-membered cyclic amide) rings is 1. The summed E-state index contributed by atoms with van der Waals surface area (Å²) >= 11 is 0. The van der Waals surface area contributed by atoms with Crippen LogP contribution in [0.1, 0.15) is 55.4 Å². The third kappa shape index (κ3) is 3.03. The van der Waals surface area contributed by atoms with Crippen molar-refractivity contribution in [3.8, 4) is 0 Å². The Morgan fingerprint density at radius 2 is 1.63 bits per heavy atom. The lowest BCUT2D eigenvalue weighted by atomic mass is 9.76. The van der Waals surface area contributed by atoms with E-state index in [2.05, 4.69) is 0 Å². The molecule has 2 aliphatic heterocycles. The van der Waals surface area contributed by atoms with Gasteiger partial charge in [0.15, 0.2) is 15.2 Å². The van der Waals surface area contributed by atoms with Crippen LogP contribution in [0.2, 0.25) is 0 Å². The standard InChI is InChI=1S/C18H29NO7S/c1-16(2,3)11(26-15(23)17(4,5)6)9-12(20)19-10(14(21)22)18(7,8)27(24,25)13(9)19/h9-11,13H,1-8H3,(H,21,22)/t9-,10+,11-,13-/m1/s1. The van der Waals surface area contributed by atoms with E-state index in [1.54, 1.807) is 41.5 Å². The number of rotatable bonds is 3. The van der Waals surface area contributed by atoms with Gasteiger partial charge in [-0.1, -0.05) is 20.8 Å². The molecule has 0 aromatic carbocycles. The Bertz CT molecular complexity index is 786. The molecule has 8 nitrogen and oxygen atoms in total. The molecule has 4 atom stereocenters. The van der Waals surface area contributed by atoms with E-state index < -0.39 is 66.7 Å². The van der Waals surface area contributed by atoms with Crippen molar-refractivity contribution in [1.82, 2.24) is 4.90 Å². The van der Waals surface area contributed by atoms with Crippen molar-refractivity contribution in [3.05, 3.63) is 0 Å². The average molecular weight is 403 g/mol. The Labute approximate surface area is 160 Å². The maximum absolute atomic E-state index is 13.1. The summed E-state index contributed by atoms with van der Waals surface area (Å²) in [5.41, 5.74) is -1.54. The molecule has 0 aliphatic carbocycles. The van der Waals surface area contributed by atoms with Crippen molar-refractivity contribution in [3.63, 3.8) is 0 Å². The van der Waals surface area contributed by atoms with Crippen LogP contribution >= 0.6 is 0 Å². The van der Waals surface area contributed by atoms with Crippen LogP contribution in [0, 0.1) is 16.7 Å². The second-order valence-electron chi connectivity index (χ2n) is 9.99. The average Bonchev–Trinajstić information content (AvgIpc) is 2.58. The highest BCUT2D eigenvalue weighted by molar-refractivity contribution is 7.93. The highest BCUT2D eigenvalue weighted by Gasteiger charge is 2.74. The molecule has 1 amide bonds. The minimum atomic E-state index is -3.99. The molecule has 0 unspecified atom stereocenters. The molecule has 0 radical (unpaired) electrons. The van der Waals surface area contributed by atoms with Gasteiger partial charge in [0.2, 0.25) is 5.91 Å². The van der Waals surface area contributed by atoms with Gasteiger partial charge in [-0.15, -0.1) is 0 Å². The van der Waals surface area contributed by atoms with E-state index in [-0.39, 0.29) is 0 Å². The second kappa shape index (κ2) is 5.93. The first-order chi connectivity index (χ1) is 11.9. The molecule has 154 valence electrons. The Kier molecular flexibility index (Phi) is 4.75. The van der Waals surface area contributed by atoms with E-state index in [0.717, 1.165) is 4.90 Å². The lowest BCUT2D eigenvalue weighted by Gasteiger charge is -2.49. The number of amides is 1. The number of carbonyl (C=O) groups excluding carboxylic acids is 2. The summed E-state index contributed by atoms with van der Waals surface area (Å²) in [6, 6.07) is -1.46. The van der Waals surface area contributed by atoms with Crippen LogP contribution in [0.25, 0.3) is 0 Å². The Morgan fingerprint density at radius 1 is 1.15 bits per heavy atom. The maximum atomic E-state index is 13.1. The molecule has 0 spiro atoms. The molecule has 0 saturated carbocycles. The molecule has 2 saturated heterocycles. The van der Waals surface area contributed by atoms with E-state index >= 15 is 0 Å². The lowest BCUT2D eigenvalue weighted by Crippen LogP contribution is -2.68. The van der Waals surface area contributed by atoms with E-state index in [0.29, 0.717) is 0 Å². The summed E-state index contributed by atoms with van der Waals surface area (Å²) in [5, 5.41) is 8.21. The summed E-state index contributed by atoms with van der Waals surface area (Å²) < 4.78 is 30.1. The van der Waals surface area contributed by atoms with Crippen molar-refractivity contribution in [2.75, 3.05) is 0 Å². The van der Waals surface area contributed by atoms with Crippen molar-refractivity contribution in [2.45, 2.75) is 77.7 Å². The van der Waals surface area contributed by atoms with Gasteiger partial charge in [0.25, 0.3) is 0 Å². The zero-order chi connectivity index (χ0) is 21.3. The molecule has 1 N–H and O–H groups in total. The summed E-state index contributed by atoms with van der Waals surface area (Å²) in [6.07, 6.45) is -0.990. The molecule has 2 rings (SSSR count). The molecule has 0 aromatic heterocycles. The summed E-state index contributed by atoms with van der Waals surface area (Å²) in [6.45, 7) is 12.9. The van der Waals surface area contributed by atoms with Gasteiger partial charge in [0.05, 0.1) is 10.2 Å². The molecule has 2 heterocycles. The summed E-state index contributed by atoms with van der Waals surface area (Å²) in [4.78, 5) is 37.9. The number of ether oxygens (including phenoxy) is 1. The van der Waals surface area contributed by atoms with Crippen LogP contribution in [0.3, 0.4) is 0 Å². The third-order valence-electron chi connectivity index (χ3n) is 5.37. The summed E-state index contributed by atoms with van der Waals surface area (Å²) in [7, 11) is -3.99. The minimum Gasteiger partial charge on any atom is -0.480 e. The minimum absolute atomic E-state index is 0.543. The number of carbonyl (C=O) groups is 3. The van der Waals surface area contributed by atoms with Crippen LogP contribution in [-0.2, 0) is 29.0 Å². The Balaban J connectivity index is 2.51.